The smallest absolute Gasteiger partial charge is 0.228 e. The number of aryl methyl sites for hydroxylation is 1. The van der Waals surface area contributed by atoms with Crippen molar-refractivity contribution < 1.29 is 9.29 Å². The summed E-state index contributed by atoms with van der Waals surface area (Å²) in [5.41, 5.74) is 0.994. The first-order valence-corrected chi connectivity index (χ1v) is 14.4. The summed E-state index contributed by atoms with van der Waals surface area (Å²) < 4.78 is 21.1. The van der Waals surface area contributed by atoms with Crippen molar-refractivity contribution >= 4 is 50.5 Å². The third-order valence-electron chi connectivity index (χ3n) is 7.40. The number of hydrogen-bond acceptors (Lipinski definition) is 10. The SMILES string of the molecule is Cc1cc(Nc2nc(N(C)[C@@H]3C[C@H]4CC[C@@H](C3)N4[S+]([O-])CN3CCOCC3)nc3sccc23)n[nH]1. The third-order valence-corrected chi connectivity index (χ3v) is 9.86. The summed E-state index contributed by atoms with van der Waals surface area (Å²) in [6.45, 7) is 5.20. The summed E-state index contributed by atoms with van der Waals surface area (Å²) in [5.74, 6) is 2.87. The van der Waals surface area contributed by atoms with Crippen LogP contribution in [-0.2, 0) is 16.1 Å². The van der Waals surface area contributed by atoms with Crippen molar-refractivity contribution in [3.05, 3.63) is 23.2 Å². The van der Waals surface area contributed by atoms with E-state index in [2.05, 4.69) is 36.7 Å². The van der Waals surface area contributed by atoms with Gasteiger partial charge in [0.05, 0.1) is 42.0 Å². The molecule has 0 amide bonds. The fourth-order valence-corrected chi connectivity index (χ4v) is 8.08. The highest BCUT2D eigenvalue weighted by Gasteiger charge is 2.48. The molecule has 188 valence electrons. The van der Waals surface area contributed by atoms with Gasteiger partial charge in [0.25, 0.3) is 0 Å². The molecule has 4 atom stereocenters. The van der Waals surface area contributed by atoms with E-state index in [0.717, 1.165) is 85.5 Å². The van der Waals surface area contributed by atoms with Gasteiger partial charge in [-0.2, -0.15) is 10.1 Å². The zero-order valence-electron chi connectivity index (χ0n) is 20.1. The lowest BCUT2D eigenvalue weighted by Gasteiger charge is -2.42. The Morgan fingerprint density at radius 3 is 2.74 bits per heavy atom. The van der Waals surface area contributed by atoms with Crippen molar-refractivity contribution in [2.75, 3.05) is 49.4 Å². The minimum Gasteiger partial charge on any atom is -0.597 e. The Bertz CT molecular complexity index is 1150. The van der Waals surface area contributed by atoms with Crippen molar-refractivity contribution in [2.24, 2.45) is 0 Å². The lowest BCUT2D eigenvalue weighted by molar-refractivity contribution is 0.0454. The molecule has 0 saturated carbocycles. The summed E-state index contributed by atoms with van der Waals surface area (Å²) in [7, 11) is 2.10. The maximum atomic E-state index is 13.3. The van der Waals surface area contributed by atoms with Crippen LogP contribution in [0.1, 0.15) is 31.4 Å². The van der Waals surface area contributed by atoms with Gasteiger partial charge in [-0.15, -0.1) is 15.6 Å². The van der Waals surface area contributed by atoms with Crippen LogP contribution >= 0.6 is 11.3 Å². The molecule has 10 nitrogen and oxygen atoms in total. The topological polar surface area (TPSA) is 108 Å². The van der Waals surface area contributed by atoms with E-state index in [1.54, 1.807) is 11.3 Å². The molecule has 6 heterocycles. The molecule has 3 aliphatic rings. The van der Waals surface area contributed by atoms with Crippen LogP contribution in [0.2, 0.25) is 0 Å². The molecule has 6 rings (SSSR count). The van der Waals surface area contributed by atoms with Crippen molar-refractivity contribution in [3.63, 3.8) is 0 Å². The number of aromatic amines is 1. The van der Waals surface area contributed by atoms with Gasteiger partial charge in [0.2, 0.25) is 5.95 Å². The van der Waals surface area contributed by atoms with Crippen LogP contribution in [0, 0.1) is 6.92 Å². The van der Waals surface area contributed by atoms with Crippen molar-refractivity contribution in [3.8, 4) is 0 Å². The molecule has 3 aromatic heterocycles. The number of nitrogens with one attached hydrogen (secondary N) is 2. The van der Waals surface area contributed by atoms with Crippen molar-refractivity contribution in [2.45, 2.75) is 50.7 Å². The molecule has 3 aliphatic heterocycles. The number of H-pyrrole nitrogens is 1. The number of fused-ring (bicyclic) bond motifs is 3. The second kappa shape index (κ2) is 9.83. The molecule has 2 N–H and O–H groups in total. The van der Waals surface area contributed by atoms with E-state index in [4.69, 9.17) is 14.7 Å². The molecule has 3 saturated heterocycles. The van der Waals surface area contributed by atoms with Gasteiger partial charge in [-0.25, -0.2) is 4.98 Å². The van der Waals surface area contributed by atoms with Gasteiger partial charge in [0, 0.05) is 37.9 Å². The highest BCUT2D eigenvalue weighted by Crippen LogP contribution is 2.40. The van der Waals surface area contributed by atoms with E-state index in [-0.39, 0.29) is 0 Å². The molecule has 3 fully saturated rings. The Balaban J connectivity index is 1.18. The molecule has 0 aliphatic carbocycles. The average molecular weight is 517 g/mol. The number of ether oxygens (including phenoxy) is 1. The number of anilines is 3. The normalized spacial score (nSPS) is 26.3. The molecule has 0 radical (unpaired) electrons. The molecule has 35 heavy (non-hydrogen) atoms. The first-order chi connectivity index (χ1) is 17.0. The lowest BCUT2D eigenvalue weighted by Crippen LogP contribution is -2.54. The van der Waals surface area contributed by atoms with Gasteiger partial charge in [0.15, 0.2) is 11.7 Å². The number of piperidine rings is 1. The molecule has 0 aromatic carbocycles. The number of rotatable bonds is 7. The van der Waals surface area contributed by atoms with Gasteiger partial charge in [-0.3, -0.25) is 10.00 Å². The van der Waals surface area contributed by atoms with Crippen LogP contribution < -0.4 is 10.2 Å². The molecule has 12 heteroatoms. The van der Waals surface area contributed by atoms with Gasteiger partial charge >= 0.3 is 0 Å². The van der Waals surface area contributed by atoms with E-state index in [1.807, 2.05) is 24.4 Å². The van der Waals surface area contributed by atoms with Crippen molar-refractivity contribution in [1.82, 2.24) is 29.4 Å². The summed E-state index contributed by atoms with van der Waals surface area (Å²) in [6, 6.07) is 5.03. The molecule has 1 unspecified atom stereocenters. The Hall–Kier alpha value is -1.96. The Morgan fingerprint density at radius 2 is 2.03 bits per heavy atom. The molecular formula is C23H32N8O2S2. The van der Waals surface area contributed by atoms with Gasteiger partial charge in [0.1, 0.15) is 10.6 Å². The van der Waals surface area contributed by atoms with Gasteiger partial charge in [-0.1, -0.05) is 0 Å². The molecule has 2 bridgehead atoms. The van der Waals surface area contributed by atoms with Crippen molar-refractivity contribution in [1.29, 1.82) is 0 Å². The van der Waals surface area contributed by atoms with E-state index in [9.17, 15) is 4.55 Å². The Morgan fingerprint density at radius 1 is 1.26 bits per heavy atom. The van der Waals surface area contributed by atoms with Gasteiger partial charge < -0.3 is 19.5 Å². The number of hydrogen-bond donors (Lipinski definition) is 2. The van der Waals surface area contributed by atoms with Crippen LogP contribution in [0.15, 0.2) is 17.5 Å². The zero-order valence-corrected chi connectivity index (χ0v) is 21.8. The first-order valence-electron chi connectivity index (χ1n) is 12.3. The predicted octanol–water partition coefficient (Wildman–Crippen LogP) is 2.85. The monoisotopic (exact) mass is 516 g/mol. The number of nitrogens with zero attached hydrogens (tertiary/aromatic N) is 6. The second-order valence-electron chi connectivity index (χ2n) is 9.73. The van der Waals surface area contributed by atoms with E-state index in [0.29, 0.717) is 24.0 Å². The minimum absolute atomic E-state index is 0.321. The largest absolute Gasteiger partial charge is 0.597 e. The minimum atomic E-state index is -0.976. The zero-order chi connectivity index (χ0) is 23.9. The summed E-state index contributed by atoms with van der Waals surface area (Å²) in [5, 5.41) is 13.7. The first kappa shape index (κ1) is 23.4. The predicted molar refractivity (Wildman–Crippen MR) is 139 cm³/mol. The fraction of sp³-hybridized carbons (Fsp3) is 0.609. The average Bonchev–Trinajstić information content (AvgIpc) is 3.56. The maximum absolute atomic E-state index is 13.3. The Kier molecular flexibility index (Phi) is 6.58. The van der Waals surface area contributed by atoms with E-state index in [1.165, 1.54) is 0 Å². The number of aromatic nitrogens is 4. The van der Waals surface area contributed by atoms with Crippen LogP contribution in [0.25, 0.3) is 10.2 Å². The van der Waals surface area contributed by atoms with Crippen LogP contribution in [0.4, 0.5) is 17.6 Å². The highest BCUT2D eigenvalue weighted by molar-refractivity contribution is 7.89. The second-order valence-corrected chi connectivity index (χ2v) is 12.0. The lowest BCUT2D eigenvalue weighted by atomic mass is 9.99. The quantitative estimate of drug-likeness (QED) is 0.458. The van der Waals surface area contributed by atoms with Gasteiger partial charge in [-0.05, 0) is 44.1 Å². The maximum Gasteiger partial charge on any atom is 0.228 e. The fourth-order valence-electron chi connectivity index (χ4n) is 5.57. The summed E-state index contributed by atoms with van der Waals surface area (Å²) >= 11 is 0.646. The number of thiophene rings is 1. The third kappa shape index (κ3) is 4.75. The van der Waals surface area contributed by atoms with E-state index >= 15 is 0 Å². The highest BCUT2D eigenvalue weighted by atomic mass is 32.2. The summed E-state index contributed by atoms with van der Waals surface area (Å²) in [4.78, 5) is 15.3. The molecule has 0 spiro atoms. The summed E-state index contributed by atoms with van der Waals surface area (Å²) in [6.07, 6.45) is 4.18. The number of morpholine rings is 1. The standard InChI is InChI=1S/C23H32N8O2S2/c1-15-11-20(28-27-15)24-21-19-5-10-34-22(19)26-23(25-21)29(2)18-12-16-3-4-17(13-18)31(16)35(32)14-30-6-8-33-9-7-30/h5,10-11,16-18H,3-4,6-9,12-14H2,1-2H3,(H2,24,25,26,27,28)/t16-,17+,18-,35?. The van der Waals surface area contributed by atoms with Crippen LogP contribution in [0.5, 0.6) is 0 Å². The van der Waals surface area contributed by atoms with Crippen LogP contribution in [0.3, 0.4) is 0 Å². The van der Waals surface area contributed by atoms with E-state index < -0.39 is 11.4 Å². The van der Waals surface area contributed by atoms with Crippen LogP contribution in [-0.4, -0.2) is 91.3 Å². The Labute approximate surface area is 212 Å². The molecular weight excluding hydrogens is 484 g/mol. The molecule has 3 aromatic rings.